The second-order valence-electron chi connectivity index (χ2n) is 5.72. The minimum Gasteiger partial charge on any atom is -0.377 e. The summed E-state index contributed by atoms with van der Waals surface area (Å²) in [7, 11) is 2.10. The average molecular weight is 357 g/mol. The molecule has 0 spiro atoms. The fourth-order valence-electron chi connectivity index (χ4n) is 2.13. The molecule has 0 aliphatic heterocycles. The molecule has 120 valence electrons. The van der Waals surface area contributed by atoms with E-state index < -0.39 is 0 Å². The molecule has 1 rings (SSSR count). The topological polar surface area (TPSA) is 24.5 Å². The highest BCUT2D eigenvalue weighted by molar-refractivity contribution is 9.10. The van der Waals surface area contributed by atoms with Gasteiger partial charge in [-0.2, -0.15) is 0 Å². The molecule has 0 aliphatic carbocycles. The fourth-order valence-corrected chi connectivity index (χ4v) is 2.84. The van der Waals surface area contributed by atoms with Crippen LogP contribution in [-0.4, -0.2) is 32.8 Å². The SMILES string of the molecule is CCCNC(C)c1ccc(N(C)CCOC(C)C)cc1Br. The molecule has 0 radical (unpaired) electrons. The lowest BCUT2D eigenvalue weighted by molar-refractivity contribution is 0.0846. The number of hydrogen-bond donors (Lipinski definition) is 1. The van der Waals surface area contributed by atoms with Gasteiger partial charge >= 0.3 is 0 Å². The van der Waals surface area contributed by atoms with Crippen LogP contribution in [0.4, 0.5) is 5.69 Å². The number of benzene rings is 1. The maximum atomic E-state index is 5.61. The third-order valence-corrected chi connectivity index (χ3v) is 4.16. The molecule has 0 aliphatic rings. The van der Waals surface area contributed by atoms with E-state index in [9.17, 15) is 0 Å². The molecule has 3 nitrogen and oxygen atoms in total. The Kier molecular flexibility index (Phi) is 8.30. The van der Waals surface area contributed by atoms with E-state index in [0.29, 0.717) is 6.04 Å². The first-order chi connectivity index (χ1) is 9.95. The van der Waals surface area contributed by atoms with Crippen molar-refractivity contribution in [3.8, 4) is 0 Å². The van der Waals surface area contributed by atoms with E-state index in [0.717, 1.165) is 30.6 Å². The molecule has 1 aromatic rings. The van der Waals surface area contributed by atoms with E-state index in [4.69, 9.17) is 4.74 Å². The first kappa shape index (κ1) is 18.5. The Morgan fingerprint density at radius 1 is 1.29 bits per heavy atom. The van der Waals surface area contributed by atoms with Crippen molar-refractivity contribution in [2.75, 3.05) is 31.6 Å². The molecule has 21 heavy (non-hydrogen) atoms. The van der Waals surface area contributed by atoms with E-state index in [1.807, 2.05) is 0 Å². The Bertz CT molecular complexity index is 423. The molecular formula is C17H29BrN2O. The highest BCUT2D eigenvalue weighted by Gasteiger charge is 2.10. The molecule has 0 amide bonds. The van der Waals surface area contributed by atoms with Gasteiger partial charge in [-0.3, -0.25) is 0 Å². The van der Waals surface area contributed by atoms with Gasteiger partial charge in [-0.05, 0) is 51.4 Å². The molecule has 0 aromatic heterocycles. The lowest BCUT2D eigenvalue weighted by atomic mass is 10.1. The normalized spacial score (nSPS) is 12.7. The molecule has 0 heterocycles. The number of nitrogens with one attached hydrogen (secondary N) is 1. The van der Waals surface area contributed by atoms with Crippen LogP contribution >= 0.6 is 15.9 Å². The first-order valence-electron chi connectivity index (χ1n) is 7.81. The van der Waals surface area contributed by atoms with Gasteiger partial charge in [-0.1, -0.05) is 28.9 Å². The maximum Gasteiger partial charge on any atom is 0.0644 e. The Morgan fingerprint density at radius 2 is 2.00 bits per heavy atom. The molecule has 1 unspecified atom stereocenters. The molecule has 1 atom stereocenters. The van der Waals surface area contributed by atoms with Crippen molar-refractivity contribution in [3.63, 3.8) is 0 Å². The molecule has 0 saturated heterocycles. The maximum absolute atomic E-state index is 5.61. The quantitative estimate of drug-likeness (QED) is 0.710. The third kappa shape index (κ3) is 6.37. The van der Waals surface area contributed by atoms with Crippen molar-refractivity contribution in [1.82, 2.24) is 5.32 Å². The molecule has 0 saturated carbocycles. The van der Waals surface area contributed by atoms with Crippen molar-refractivity contribution in [2.45, 2.75) is 46.3 Å². The second-order valence-corrected chi connectivity index (χ2v) is 6.58. The summed E-state index contributed by atoms with van der Waals surface area (Å²) < 4.78 is 6.77. The lowest BCUT2D eigenvalue weighted by Crippen LogP contribution is -2.24. The van der Waals surface area contributed by atoms with Gasteiger partial charge in [0.2, 0.25) is 0 Å². The summed E-state index contributed by atoms with van der Waals surface area (Å²) in [6, 6.07) is 6.93. The minimum atomic E-state index is 0.290. The highest BCUT2D eigenvalue weighted by Crippen LogP contribution is 2.28. The minimum absolute atomic E-state index is 0.290. The highest BCUT2D eigenvalue weighted by atomic mass is 79.9. The molecule has 0 bridgehead atoms. The zero-order chi connectivity index (χ0) is 15.8. The summed E-state index contributed by atoms with van der Waals surface area (Å²) in [4.78, 5) is 2.22. The van der Waals surface area contributed by atoms with Crippen LogP contribution in [0, 0.1) is 0 Å². The van der Waals surface area contributed by atoms with Crippen LogP contribution in [0.3, 0.4) is 0 Å². The van der Waals surface area contributed by atoms with Crippen LogP contribution in [-0.2, 0) is 4.74 Å². The number of hydrogen-bond acceptors (Lipinski definition) is 3. The monoisotopic (exact) mass is 356 g/mol. The number of nitrogens with zero attached hydrogens (tertiary/aromatic N) is 1. The summed E-state index contributed by atoms with van der Waals surface area (Å²) in [6.45, 7) is 11.2. The van der Waals surface area contributed by atoms with Crippen LogP contribution in [0.25, 0.3) is 0 Å². The first-order valence-corrected chi connectivity index (χ1v) is 8.60. The molecule has 1 aromatic carbocycles. The number of halogens is 1. The standard InChI is InChI=1S/C17H29BrN2O/c1-6-9-19-14(4)16-8-7-15(12-17(16)18)20(5)10-11-21-13(2)3/h7-8,12-14,19H,6,9-11H2,1-5H3. The summed E-state index contributed by atoms with van der Waals surface area (Å²) in [5.41, 5.74) is 2.51. The van der Waals surface area contributed by atoms with E-state index in [1.165, 1.54) is 11.3 Å². The van der Waals surface area contributed by atoms with Crippen LogP contribution in [0.2, 0.25) is 0 Å². The average Bonchev–Trinajstić information content (AvgIpc) is 2.44. The zero-order valence-electron chi connectivity index (χ0n) is 13.9. The summed E-state index contributed by atoms with van der Waals surface area (Å²) >= 11 is 3.70. The van der Waals surface area contributed by atoms with Crippen LogP contribution in [0.1, 0.15) is 45.7 Å². The van der Waals surface area contributed by atoms with E-state index >= 15 is 0 Å². The Labute approximate surface area is 138 Å². The summed E-state index contributed by atoms with van der Waals surface area (Å²) in [6.07, 6.45) is 1.44. The number of anilines is 1. The van der Waals surface area contributed by atoms with Gasteiger partial charge in [0, 0.05) is 29.8 Å². The van der Waals surface area contributed by atoms with Crippen molar-refractivity contribution < 1.29 is 4.74 Å². The Morgan fingerprint density at radius 3 is 2.57 bits per heavy atom. The van der Waals surface area contributed by atoms with E-state index in [2.05, 4.69) is 79.1 Å². The predicted molar refractivity (Wildman–Crippen MR) is 95.2 cm³/mol. The molecule has 4 heteroatoms. The van der Waals surface area contributed by atoms with Crippen molar-refractivity contribution >= 4 is 21.6 Å². The molecular weight excluding hydrogens is 328 g/mol. The number of likely N-dealkylation sites (N-methyl/N-ethyl adjacent to an activating group) is 1. The zero-order valence-corrected chi connectivity index (χ0v) is 15.5. The largest absolute Gasteiger partial charge is 0.377 e. The lowest BCUT2D eigenvalue weighted by Gasteiger charge is -2.22. The van der Waals surface area contributed by atoms with E-state index in [1.54, 1.807) is 0 Å². The molecule has 1 N–H and O–H groups in total. The Balaban J connectivity index is 2.64. The van der Waals surface area contributed by atoms with Crippen LogP contribution in [0.15, 0.2) is 22.7 Å². The van der Waals surface area contributed by atoms with Crippen LogP contribution in [0.5, 0.6) is 0 Å². The van der Waals surface area contributed by atoms with Crippen molar-refractivity contribution in [3.05, 3.63) is 28.2 Å². The van der Waals surface area contributed by atoms with Crippen molar-refractivity contribution in [1.29, 1.82) is 0 Å². The van der Waals surface area contributed by atoms with Gasteiger partial charge < -0.3 is 15.0 Å². The van der Waals surface area contributed by atoms with Gasteiger partial charge in [0.15, 0.2) is 0 Å². The summed E-state index contributed by atoms with van der Waals surface area (Å²) in [5, 5.41) is 3.52. The summed E-state index contributed by atoms with van der Waals surface area (Å²) in [5.74, 6) is 0. The predicted octanol–water partition coefficient (Wildman–Crippen LogP) is 4.37. The van der Waals surface area contributed by atoms with Gasteiger partial charge in [0.25, 0.3) is 0 Å². The van der Waals surface area contributed by atoms with Gasteiger partial charge in [-0.25, -0.2) is 0 Å². The van der Waals surface area contributed by atoms with Crippen LogP contribution < -0.4 is 10.2 Å². The van der Waals surface area contributed by atoms with E-state index in [-0.39, 0.29) is 6.10 Å². The molecule has 0 fully saturated rings. The third-order valence-electron chi connectivity index (χ3n) is 3.47. The van der Waals surface area contributed by atoms with Gasteiger partial charge in [-0.15, -0.1) is 0 Å². The van der Waals surface area contributed by atoms with Gasteiger partial charge in [0.05, 0.1) is 12.7 Å². The second kappa shape index (κ2) is 9.44. The number of ether oxygens (including phenoxy) is 1. The van der Waals surface area contributed by atoms with Gasteiger partial charge in [0.1, 0.15) is 0 Å². The Hall–Kier alpha value is -0.580. The number of rotatable bonds is 9. The fraction of sp³-hybridized carbons (Fsp3) is 0.647. The van der Waals surface area contributed by atoms with Crippen molar-refractivity contribution in [2.24, 2.45) is 0 Å². The smallest absolute Gasteiger partial charge is 0.0644 e.